The quantitative estimate of drug-likeness (QED) is 0.413. The SMILES string of the molecule is Cc1cnc(-c2cc(OC[C@H]3CN(C(=O)OC(C)(C)C)CCO3)cc(C(=O)NCc3cnc(C(F)(F)F)nc3)c2)s1. The highest BCUT2D eigenvalue weighted by Crippen LogP contribution is 2.30. The summed E-state index contributed by atoms with van der Waals surface area (Å²) in [5.74, 6) is -1.34. The number of hydrogen-bond donors (Lipinski definition) is 1. The van der Waals surface area contributed by atoms with Crippen molar-refractivity contribution in [2.45, 2.75) is 52.1 Å². The Kier molecular flexibility index (Phi) is 9.12. The highest BCUT2D eigenvalue weighted by Gasteiger charge is 2.34. The van der Waals surface area contributed by atoms with E-state index >= 15 is 0 Å². The van der Waals surface area contributed by atoms with Crippen LogP contribution in [0.1, 0.15) is 47.4 Å². The lowest BCUT2D eigenvalue weighted by molar-refractivity contribution is -0.145. The Morgan fingerprint density at radius 1 is 1.12 bits per heavy atom. The normalized spacial score (nSPS) is 15.9. The molecule has 10 nitrogen and oxygen atoms in total. The van der Waals surface area contributed by atoms with Gasteiger partial charge in [0, 0.05) is 53.2 Å². The Morgan fingerprint density at radius 2 is 1.85 bits per heavy atom. The molecular formula is C27H30F3N5O5S. The number of benzene rings is 1. The molecule has 0 radical (unpaired) electrons. The van der Waals surface area contributed by atoms with Crippen molar-refractivity contribution in [2.24, 2.45) is 0 Å². The minimum atomic E-state index is -4.65. The summed E-state index contributed by atoms with van der Waals surface area (Å²) < 4.78 is 55.4. The van der Waals surface area contributed by atoms with Crippen LogP contribution in [0, 0.1) is 6.92 Å². The number of amides is 2. The first-order valence-electron chi connectivity index (χ1n) is 12.7. The minimum absolute atomic E-state index is 0.0792. The number of thiazole rings is 1. The summed E-state index contributed by atoms with van der Waals surface area (Å²) >= 11 is 1.45. The summed E-state index contributed by atoms with van der Waals surface area (Å²) in [4.78, 5) is 39.1. The van der Waals surface area contributed by atoms with Gasteiger partial charge in [-0.1, -0.05) is 0 Å². The number of alkyl halides is 3. The maximum absolute atomic E-state index is 13.0. The van der Waals surface area contributed by atoms with Crippen LogP contribution < -0.4 is 10.1 Å². The number of aromatic nitrogens is 3. The Balaban J connectivity index is 1.45. The zero-order chi connectivity index (χ0) is 29.8. The molecule has 41 heavy (non-hydrogen) atoms. The summed E-state index contributed by atoms with van der Waals surface area (Å²) in [5, 5.41) is 3.35. The second kappa shape index (κ2) is 12.4. The molecule has 0 saturated carbocycles. The molecule has 3 heterocycles. The first-order chi connectivity index (χ1) is 19.3. The molecule has 1 aliphatic heterocycles. The monoisotopic (exact) mass is 593 g/mol. The topological polar surface area (TPSA) is 116 Å². The molecule has 0 aliphatic carbocycles. The van der Waals surface area contributed by atoms with Crippen molar-refractivity contribution in [3.8, 4) is 16.3 Å². The zero-order valence-electron chi connectivity index (χ0n) is 22.9. The van der Waals surface area contributed by atoms with Gasteiger partial charge in [-0.25, -0.2) is 19.7 Å². The summed E-state index contributed by atoms with van der Waals surface area (Å²) in [5.41, 5.74) is 0.604. The molecule has 0 spiro atoms. The van der Waals surface area contributed by atoms with Crippen molar-refractivity contribution in [3.05, 3.63) is 58.6 Å². The molecule has 1 N–H and O–H groups in total. The van der Waals surface area contributed by atoms with Gasteiger partial charge in [0.2, 0.25) is 5.82 Å². The Hall–Kier alpha value is -3.78. The van der Waals surface area contributed by atoms with E-state index in [-0.39, 0.29) is 25.3 Å². The fraction of sp³-hybridized carbons (Fsp3) is 0.444. The predicted molar refractivity (Wildman–Crippen MR) is 144 cm³/mol. The first-order valence-corrected chi connectivity index (χ1v) is 13.5. The van der Waals surface area contributed by atoms with Crippen molar-refractivity contribution >= 4 is 23.3 Å². The molecule has 1 aliphatic rings. The second-order valence-electron chi connectivity index (χ2n) is 10.3. The minimum Gasteiger partial charge on any atom is -0.491 e. The van der Waals surface area contributed by atoms with E-state index < -0.39 is 35.7 Å². The van der Waals surface area contributed by atoms with Gasteiger partial charge >= 0.3 is 12.3 Å². The summed E-state index contributed by atoms with van der Waals surface area (Å²) in [6.45, 7) is 8.36. The molecule has 2 amide bonds. The van der Waals surface area contributed by atoms with Gasteiger partial charge in [-0.2, -0.15) is 13.2 Å². The van der Waals surface area contributed by atoms with E-state index in [4.69, 9.17) is 14.2 Å². The predicted octanol–water partition coefficient (Wildman–Crippen LogP) is 4.87. The van der Waals surface area contributed by atoms with E-state index in [2.05, 4.69) is 20.3 Å². The van der Waals surface area contributed by atoms with E-state index in [1.165, 1.54) is 11.3 Å². The van der Waals surface area contributed by atoms with Gasteiger partial charge in [-0.05, 0) is 45.9 Å². The second-order valence-corrected chi connectivity index (χ2v) is 11.6. The smallest absolute Gasteiger partial charge is 0.451 e. The van der Waals surface area contributed by atoms with Gasteiger partial charge in [-0.3, -0.25) is 4.79 Å². The maximum Gasteiger partial charge on any atom is 0.451 e. The molecule has 1 saturated heterocycles. The maximum atomic E-state index is 13.0. The van der Waals surface area contributed by atoms with Crippen molar-refractivity contribution in [1.29, 1.82) is 0 Å². The van der Waals surface area contributed by atoms with Gasteiger partial charge in [0.25, 0.3) is 5.91 Å². The standard InChI is InChI=1S/C27H30F3N5O5S/c1-16-10-32-23(41-16)19-7-18(22(36)31-11-17-12-33-24(34-13-17)27(28,29)30)8-20(9-19)39-15-21-14-35(5-6-38-21)25(37)40-26(2,3)4/h7-10,12-13,21H,5-6,11,14-15H2,1-4H3,(H,31,36)/t21-/m1/s1. The number of nitrogens with one attached hydrogen (secondary N) is 1. The lowest BCUT2D eigenvalue weighted by Crippen LogP contribution is -2.49. The van der Waals surface area contributed by atoms with E-state index in [1.54, 1.807) is 50.1 Å². The average molecular weight is 594 g/mol. The third-order valence-corrected chi connectivity index (χ3v) is 6.64. The Labute approximate surface area is 238 Å². The van der Waals surface area contributed by atoms with Crippen LogP contribution >= 0.6 is 11.3 Å². The lowest BCUT2D eigenvalue weighted by Gasteiger charge is -2.34. The van der Waals surface area contributed by atoms with Crippen LogP contribution in [0.3, 0.4) is 0 Å². The third kappa shape index (κ3) is 8.60. The molecule has 4 rings (SSSR count). The molecule has 14 heteroatoms. The van der Waals surface area contributed by atoms with Crippen LogP contribution in [-0.2, 0) is 22.2 Å². The summed E-state index contributed by atoms with van der Waals surface area (Å²) in [7, 11) is 0. The fourth-order valence-corrected chi connectivity index (χ4v) is 4.56. The number of hydrogen-bond acceptors (Lipinski definition) is 9. The summed E-state index contributed by atoms with van der Waals surface area (Å²) in [6.07, 6.45) is -1.74. The van der Waals surface area contributed by atoms with Crippen molar-refractivity contribution < 1.29 is 37.0 Å². The average Bonchev–Trinajstić information content (AvgIpc) is 3.35. The highest BCUT2D eigenvalue weighted by atomic mass is 32.1. The van der Waals surface area contributed by atoms with Crippen LogP contribution in [0.4, 0.5) is 18.0 Å². The summed E-state index contributed by atoms with van der Waals surface area (Å²) in [6, 6.07) is 4.97. The number of nitrogens with zero attached hydrogens (tertiary/aromatic N) is 4. The number of carbonyl (C=O) groups excluding carboxylic acids is 2. The van der Waals surface area contributed by atoms with Gasteiger partial charge < -0.3 is 24.4 Å². The highest BCUT2D eigenvalue weighted by molar-refractivity contribution is 7.14. The number of morpholine rings is 1. The van der Waals surface area contributed by atoms with E-state index in [1.807, 2.05) is 6.92 Å². The van der Waals surface area contributed by atoms with Crippen LogP contribution in [-0.4, -0.2) is 69.9 Å². The van der Waals surface area contributed by atoms with Crippen LogP contribution in [0.15, 0.2) is 36.8 Å². The molecule has 0 bridgehead atoms. The number of rotatable bonds is 7. The van der Waals surface area contributed by atoms with E-state index in [9.17, 15) is 22.8 Å². The zero-order valence-corrected chi connectivity index (χ0v) is 23.8. The van der Waals surface area contributed by atoms with Crippen LogP contribution in [0.2, 0.25) is 0 Å². The van der Waals surface area contributed by atoms with E-state index in [0.717, 1.165) is 17.3 Å². The number of halogens is 3. The number of aryl methyl sites for hydroxylation is 1. The van der Waals surface area contributed by atoms with Crippen molar-refractivity contribution in [2.75, 3.05) is 26.3 Å². The molecule has 1 aromatic carbocycles. The van der Waals surface area contributed by atoms with Crippen LogP contribution in [0.5, 0.6) is 5.75 Å². The molecule has 3 aromatic rings. The Morgan fingerprint density at radius 3 is 2.49 bits per heavy atom. The molecule has 2 aromatic heterocycles. The third-order valence-electron chi connectivity index (χ3n) is 5.68. The van der Waals surface area contributed by atoms with Gasteiger partial charge in [0.1, 0.15) is 29.1 Å². The van der Waals surface area contributed by atoms with Crippen LogP contribution in [0.25, 0.3) is 10.6 Å². The molecule has 220 valence electrons. The molecule has 0 unspecified atom stereocenters. The van der Waals surface area contributed by atoms with Gasteiger partial charge in [0.15, 0.2) is 0 Å². The Bertz CT molecular complexity index is 1370. The number of ether oxygens (including phenoxy) is 3. The van der Waals surface area contributed by atoms with Crippen molar-refractivity contribution in [1.82, 2.24) is 25.2 Å². The van der Waals surface area contributed by atoms with E-state index in [0.29, 0.717) is 35.0 Å². The molecule has 1 fully saturated rings. The molecule has 1 atom stereocenters. The number of carbonyl (C=O) groups is 2. The largest absolute Gasteiger partial charge is 0.491 e. The molecular weight excluding hydrogens is 563 g/mol. The van der Waals surface area contributed by atoms with Gasteiger partial charge in [-0.15, -0.1) is 11.3 Å². The van der Waals surface area contributed by atoms with Gasteiger partial charge in [0.05, 0.1) is 13.2 Å². The van der Waals surface area contributed by atoms with Crippen molar-refractivity contribution in [3.63, 3.8) is 0 Å². The fourth-order valence-electron chi connectivity index (χ4n) is 3.80. The lowest BCUT2D eigenvalue weighted by atomic mass is 10.1. The first kappa shape index (κ1) is 30.2.